The highest BCUT2D eigenvalue weighted by molar-refractivity contribution is 6.34. The van der Waals surface area contributed by atoms with Gasteiger partial charge in [0.15, 0.2) is 0 Å². The molecule has 0 unspecified atom stereocenters. The van der Waals surface area contributed by atoms with Crippen LogP contribution in [0.5, 0.6) is 0 Å². The van der Waals surface area contributed by atoms with Crippen molar-refractivity contribution < 1.29 is 0 Å². The van der Waals surface area contributed by atoms with E-state index in [4.69, 9.17) is 38.2 Å². The molecule has 0 fully saturated rings. The molecule has 5 aromatic rings. The molecule has 0 amide bonds. The molecule has 0 aliphatic rings. The number of aliphatic imine (C=N–C) groups is 2. The minimum absolute atomic E-state index is 0.593. The first-order valence-corrected chi connectivity index (χ1v) is 13.0. The Labute approximate surface area is 233 Å². The lowest BCUT2D eigenvalue weighted by Crippen LogP contribution is -2.11. The van der Waals surface area contributed by atoms with E-state index in [1.165, 1.54) is 0 Å². The molecule has 0 bridgehead atoms. The number of pyridine rings is 1. The Bertz CT molecular complexity index is 1520. The molecule has 186 valence electrons. The quantitative estimate of drug-likeness (QED) is 0.200. The minimum Gasteiger partial charge on any atom is -0.245 e. The van der Waals surface area contributed by atoms with Crippen LogP contribution in [0.1, 0.15) is 33.6 Å². The van der Waals surface area contributed by atoms with Gasteiger partial charge >= 0.3 is 0 Å². The summed E-state index contributed by atoms with van der Waals surface area (Å²) in [5.41, 5.74) is 8.27. The summed E-state index contributed by atoms with van der Waals surface area (Å²) < 4.78 is 0. The summed E-state index contributed by atoms with van der Waals surface area (Å²) in [4.78, 5) is 15.0. The lowest BCUT2D eigenvalue weighted by Gasteiger charge is -2.12. The van der Waals surface area contributed by atoms with Gasteiger partial charge in [-0.2, -0.15) is 0 Å². The number of halogens is 2. The van der Waals surface area contributed by atoms with Gasteiger partial charge in [0.25, 0.3) is 0 Å². The second-order valence-electron chi connectivity index (χ2n) is 8.97. The smallest absolute Gasteiger partial charge is 0.0966 e. The topological polar surface area (TPSA) is 37.6 Å². The first-order chi connectivity index (χ1) is 18.5. The van der Waals surface area contributed by atoms with Gasteiger partial charge in [0.1, 0.15) is 0 Å². The third kappa shape index (κ3) is 5.91. The molecule has 5 heteroatoms. The SMILES string of the molecule is Cc1ccc(N=C(c2ccccc2)c2cccc(C(=Nc3ccc(C)cc3Cl)c3ccccc3)n2)c(Cl)c1. The lowest BCUT2D eigenvalue weighted by molar-refractivity contribution is 1.24. The lowest BCUT2D eigenvalue weighted by atomic mass is 10.0. The molecule has 0 saturated heterocycles. The van der Waals surface area contributed by atoms with Gasteiger partial charge in [0, 0.05) is 11.1 Å². The van der Waals surface area contributed by atoms with E-state index in [1.54, 1.807) is 0 Å². The summed E-state index contributed by atoms with van der Waals surface area (Å²) in [7, 11) is 0. The molecule has 0 aliphatic carbocycles. The largest absolute Gasteiger partial charge is 0.245 e. The monoisotopic (exact) mass is 533 g/mol. The minimum atomic E-state index is 0.593. The number of hydrogen-bond donors (Lipinski definition) is 0. The first kappa shape index (κ1) is 25.6. The Morgan fingerprint density at radius 3 is 1.34 bits per heavy atom. The fraction of sp³-hybridized carbons (Fsp3) is 0.0606. The number of rotatable bonds is 6. The average molecular weight is 534 g/mol. The Morgan fingerprint density at radius 2 is 0.947 bits per heavy atom. The van der Waals surface area contributed by atoms with Gasteiger partial charge in [0.2, 0.25) is 0 Å². The van der Waals surface area contributed by atoms with Gasteiger partial charge in [-0.25, -0.2) is 15.0 Å². The van der Waals surface area contributed by atoms with Crippen molar-refractivity contribution in [2.24, 2.45) is 9.98 Å². The van der Waals surface area contributed by atoms with Crippen molar-refractivity contribution in [1.82, 2.24) is 4.98 Å². The van der Waals surface area contributed by atoms with Crippen molar-refractivity contribution in [3.63, 3.8) is 0 Å². The number of hydrogen-bond acceptors (Lipinski definition) is 3. The normalized spacial score (nSPS) is 12.0. The number of benzene rings is 4. The Balaban J connectivity index is 1.68. The number of aromatic nitrogens is 1. The van der Waals surface area contributed by atoms with Crippen molar-refractivity contribution >= 4 is 46.0 Å². The Hall–Kier alpha value is -4.05. The second kappa shape index (κ2) is 11.6. The molecule has 0 atom stereocenters. The summed E-state index contributed by atoms with van der Waals surface area (Å²) in [6, 6.07) is 37.6. The van der Waals surface area contributed by atoms with E-state index in [9.17, 15) is 0 Å². The summed E-state index contributed by atoms with van der Waals surface area (Å²) in [5, 5.41) is 1.19. The van der Waals surface area contributed by atoms with Crippen LogP contribution < -0.4 is 0 Å². The van der Waals surface area contributed by atoms with E-state index in [-0.39, 0.29) is 0 Å². The highest BCUT2D eigenvalue weighted by Crippen LogP contribution is 2.29. The summed E-state index contributed by atoms with van der Waals surface area (Å²) in [6.45, 7) is 4.01. The van der Waals surface area contributed by atoms with Gasteiger partial charge in [-0.15, -0.1) is 0 Å². The number of nitrogens with zero attached hydrogens (tertiary/aromatic N) is 3. The van der Waals surface area contributed by atoms with Crippen LogP contribution in [0.15, 0.2) is 125 Å². The molecule has 0 radical (unpaired) electrons. The van der Waals surface area contributed by atoms with Gasteiger partial charge < -0.3 is 0 Å². The Kier molecular flexibility index (Phi) is 7.78. The van der Waals surface area contributed by atoms with Crippen LogP contribution in [0.4, 0.5) is 11.4 Å². The van der Waals surface area contributed by atoms with Crippen LogP contribution >= 0.6 is 23.2 Å². The van der Waals surface area contributed by atoms with Crippen molar-refractivity contribution in [3.8, 4) is 0 Å². The van der Waals surface area contributed by atoms with E-state index in [0.717, 1.165) is 33.7 Å². The van der Waals surface area contributed by atoms with Crippen molar-refractivity contribution in [2.45, 2.75) is 13.8 Å². The van der Waals surface area contributed by atoms with Gasteiger partial charge in [-0.1, -0.05) is 102 Å². The maximum Gasteiger partial charge on any atom is 0.0966 e. The van der Waals surface area contributed by atoms with E-state index in [0.29, 0.717) is 32.8 Å². The summed E-state index contributed by atoms with van der Waals surface area (Å²) in [6.07, 6.45) is 0. The molecular weight excluding hydrogens is 509 g/mol. The van der Waals surface area contributed by atoms with Crippen LogP contribution in [0.2, 0.25) is 10.0 Å². The zero-order chi connectivity index (χ0) is 26.5. The molecule has 1 heterocycles. The van der Waals surface area contributed by atoms with Gasteiger partial charge in [-0.05, 0) is 61.4 Å². The van der Waals surface area contributed by atoms with E-state index in [2.05, 4.69) is 0 Å². The predicted molar refractivity (Wildman–Crippen MR) is 160 cm³/mol. The van der Waals surface area contributed by atoms with Crippen LogP contribution in [-0.2, 0) is 0 Å². The standard InChI is InChI=1S/C33H25Cl2N3/c1-22-16-18-28(26(34)20-22)37-32(24-10-5-3-6-11-24)30-14-9-15-31(36-30)33(25-12-7-4-8-13-25)38-29-19-17-23(2)21-27(29)35/h3-21H,1-2H3. The Morgan fingerprint density at radius 1 is 0.526 bits per heavy atom. The predicted octanol–water partition coefficient (Wildman–Crippen LogP) is 9.34. The molecule has 1 aromatic heterocycles. The van der Waals surface area contributed by atoms with Crippen LogP contribution in [0, 0.1) is 13.8 Å². The highest BCUT2D eigenvalue weighted by Gasteiger charge is 2.15. The van der Waals surface area contributed by atoms with Crippen molar-refractivity contribution in [2.75, 3.05) is 0 Å². The highest BCUT2D eigenvalue weighted by atomic mass is 35.5. The van der Waals surface area contributed by atoms with E-state index < -0.39 is 0 Å². The molecule has 4 aromatic carbocycles. The van der Waals surface area contributed by atoms with Gasteiger partial charge in [0.05, 0.1) is 44.2 Å². The molecular formula is C33H25Cl2N3. The van der Waals surface area contributed by atoms with Crippen LogP contribution in [0.25, 0.3) is 0 Å². The molecule has 5 rings (SSSR count). The molecule has 0 aliphatic heterocycles. The average Bonchev–Trinajstić information content (AvgIpc) is 2.93. The van der Waals surface area contributed by atoms with E-state index >= 15 is 0 Å². The number of aryl methyl sites for hydroxylation is 2. The zero-order valence-corrected chi connectivity index (χ0v) is 22.6. The van der Waals surface area contributed by atoms with Crippen LogP contribution in [-0.4, -0.2) is 16.4 Å². The molecule has 3 nitrogen and oxygen atoms in total. The molecule has 0 spiro atoms. The van der Waals surface area contributed by atoms with Crippen LogP contribution in [0.3, 0.4) is 0 Å². The third-order valence-electron chi connectivity index (χ3n) is 6.00. The fourth-order valence-electron chi connectivity index (χ4n) is 4.08. The first-order valence-electron chi connectivity index (χ1n) is 12.3. The molecule has 0 saturated carbocycles. The fourth-order valence-corrected chi connectivity index (χ4v) is 4.63. The zero-order valence-electron chi connectivity index (χ0n) is 21.1. The summed E-state index contributed by atoms with van der Waals surface area (Å²) >= 11 is 13.1. The van der Waals surface area contributed by atoms with Gasteiger partial charge in [-0.3, -0.25) is 0 Å². The maximum atomic E-state index is 6.57. The second-order valence-corrected chi connectivity index (χ2v) is 9.79. The maximum absolute atomic E-state index is 6.57. The van der Waals surface area contributed by atoms with Crippen molar-refractivity contribution in [1.29, 1.82) is 0 Å². The molecule has 0 N–H and O–H groups in total. The van der Waals surface area contributed by atoms with E-state index in [1.807, 2.05) is 129 Å². The summed E-state index contributed by atoms with van der Waals surface area (Å²) in [5.74, 6) is 0. The third-order valence-corrected chi connectivity index (χ3v) is 6.61. The molecule has 38 heavy (non-hydrogen) atoms. The van der Waals surface area contributed by atoms with Crippen molar-refractivity contribution in [3.05, 3.63) is 159 Å².